The molecule has 0 aromatic heterocycles. The molecule has 3 nitrogen and oxygen atoms in total. The van der Waals surface area contributed by atoms with Crippen molar-refractivity contribution in [2.75, 3.05) is 6.54 Å². The molecule has 0 spiro atoms. The quantitative estimate of drug-likeness (QED) is 0.656. The first-order valence-corrected chi connectivity index (χ1v) is 7.05. The van der Waals surface area contributed by atoms with Crippen molar-refractivity contribution in [3.63, 3.8) is 0 Å². The normalized spacial score (nSPS) is 18.5. The van der Waals surface area contributed by atoms with E-state index in [2.05, 4.69) is 19.2 Å². The lowest BCUT2D eigenvalue weighted by molar-refractivity contribution is -0.124. The zero-order valence-electron chi connectivity index (χ0n) is 10.9. The Labute approximate surface area is 110 Å². The molecule has 0 aliphatic heterocycles. The third-order valence-electron chi connectivity index (χ3n) is 3.75. The second kappa shape index (κ2) is 6.34. The van der Waals surface area contributed by atoms with Crippen LogP contribution in [0.3, 0.4) is 0 Å². The van der Waals surface area contributed by atoms with Crippen LogP contribution in [0.2, 0.25) is 0 Å². The van der Waals surface area contributed by atoms with Gasteiger partial charge in [0.25, 0.3) is 0 Å². The van der Waals surface area contributed by atoms with Gasteiger partial charge in [-0.1, -0.05) is 45.3 Å². The van der Waals surface area contributed by atoms with Gasteiger partial charge in [-0.3, -0.25) is 4.79 Å². The molecule has 1 saturated carbocycles. The van der Waals surface area contributed by atoms with Crippen molar-refractivity contribution in [3.05, 3.63) is 0 Å². The number of thiocarbonyl (C=S) groups is 1. The summed E-state index contributed by atoms with van der Waals surface area (Å²) >= 11 is 4.97. The molecule has 1 atom stereocenters. The van der Waals surface area contributed by atoms with Crippen LogP contribution in [-0.4, -0.2) is 17.4 Å². The van der Waals surface area contributed by atoms with E-state index < -0.39 is 5.41 Å². The van der Waals surface area contributed by atoms with Gasteiger partial charge in [0.15, 0.2) is 0 Å². The van der Waals surface area contributed by atoms with E-state index in [0.29, 0.717) is 10.9 Å². The summed E-state index contributed by atoms with van der Waals surface area (Å²) in [5.41, 5.74) is 5.12. The van der Waals surface area contributed by atoms with Crippen molar-refractivity contribution < 1.29 is 4.79 Å². The summed E-state index contributed by atoms with van der Waals surface area (Å²) in [5.74, 6) is 0.626. The van der Waals surface area contributed by atoms with Gasteiger partial charge in [0, 0.05) is 6.54 Å². The third kappa shape index (κ3) is 3.66. The number of nitrogens with one attached hydrogen (secondary N) is 1. The van der Waals surface area contributed by atoms with Crippen molar-refractivity contribution in [2.24, 2.45) is 17.1 Å². The summed E-state index contributed by atoms with van der Waals surface area (Å²) in [6.07, 6.45) is 6.38. The lowest BCUT2D eigenvalue weighted by atomic mass is 9.98. The zero-order chi connectivity index (χ0) is 12.9. The van der Waals surface area contributed by atoms with E-state index in [0.717, 1.165) is 25.8 Å². The minimum Gasteiger partial charge on any atom is -0.392 e. The Balaban J connectivity index is 2.34. The molecule has 4 heteroatoms. The molecular formula is C13H24N2OS. The van der Waals surface area contributed by atoms with Crippen LogP contribution < -0.4 is 11.1 Å². The second-order valence-corrected chi connectivity index (χ2v) is 5.51. The van der Waals surface area contributed by atoms with Crippen LogP contribution in [0.5, 0.6) is 0 Å². The molecule has 17 heavy (non-hydrogen) atoms. The molecule has 0 radical (unpaired) electrons. The van der Waals surface area contributed by atoms with Crippen LogP contribution in [-0.2, 0) is 4.79 Å². The van der Waals surface area contributed by atoms with Gasteiger partial charge in [0.1, 0.15) is 0 Å². The average Bonchev–Trinajstić information content (AvgIpc) is 3.10. The number of hydrogen-bond donors (Lipinski definition) is 2. The topological polar surface area (TPSA) is 55.1 Å². The Morgan fingerprint density at radius 3 is 2.53 bits per heavy atom. The van der Waals surface area contributed by atoms with Crippen LogP contribution in [0.15, 0.2) is 0 Å². The number of nitrogens with two attached hydrogens (primary N) is 1. The van der Waals surface area contributed by atoms with Crippen molar-refractivity contribution in [1.82, 2.24) is 5.32 Å². The maximum absolute atomic E-state index is 12.0. The minimum atomic E-state index is -0.502. The van der Waals surface area contributed by atoms with Crippen molar-refractivity contribution in [2.45, 2.75) is 52.4 Å². The molecule has 0 aromatic rings. The van der Waals surface area contributed by atoms with E-state index in [9.17, 15) is 4.79 Å². The number of carbonyl (C=O) groups excluding carboxylic acids is 1. The summed E-state index contributed by atoms with van der Waals surface area (Å²) in [7, 11) is 0. The van der Waals surface area contributed by atoms with Gasteiger partial charge in [-0.05, 0) is 25.2 Å². The molecule has 0 heterocycles. The van der Waals surface area contributed by atoms with Crippen molar-refractivity contribution in [3.8, 4) is 0 Å². The van der Waals surface area contributed by atoms with E-state index in [1.807, 2.05) is 0 Å². The lowest BCUT2D eigenvalue weighted by Gasteiger charge is -2.18. The summed E-state index contributed by atoms with van der Waals surface area (Å²) < 4.78 is 0. The number of amides is 1. The number of rotatable bonds is 8. The predicted molar refractivity (Wildman–Crippen MR) is 74.8 cm³/mol. The molecule has 1 unspecified atom stereocenters. The number of carbonyl (C=O) groups is 1. The summed E-state index contributed by atoms with van der Waals surface area (Å²) in [5, 5.41) is 3.02. The minimum absolute atomic E-state index is 0.0416. The van der Waals surface area contributed by atoms with E-state index in [1.165, 1.54) is 19.3 Å². The first-order chi connectivity index (χ1) is 8.06. The average molecular weight is 256 g/mol. The van der Waals surface area contributed by atoms with Gasteiger partial charge in [-0.15, -0.1) is 0 Å². The van der Waals surface area contributed by atoms with Gasteiger partial charge in [-0.2, -0.15) is 0 Å². The molecule has 3 N–H and O–H groups in total. The van der Waals surface area contributed by atoms with Gasteiger partial charge in [0.2, 0.25) is 5.91 Å². The van der Waals surface area contributed by atoms with Crippen LogP contribution in [0.1, 0.15) is 52.4 Å². The van der Waals surface area contributed by atoms with Crippen LogP contribution in [0.4, 0.5) is 0 Å². The van der Waals surface area contributed by atoms with Crippen LogP contribution in [0.25, 0.3) is 0 Å². The molecule has 1 aliphatic carbocycles. The van der Waals surface area contributed by atoms with Crippen LogP contribution >= 0.6 is 12.2 Å². The summed E-state index contributed by atoms with van der Waals surface area (Å²) in [6.45, 7) is 5.13. The van der Waals surface area contributed by atoms with Crippen molar-refractivity contribution >= 4 is 23.1 Å². The highest BCUT2D eigenvalue weighted by molar-refractivity contribution is 7.80. The maximum Gasteiger partial charge on any atom is 0.233 e. The molecular weight excluding hydrogens is 232 g/mol. The maximum atomic E-state index is 12.0. The highest BCUT2D eigenvalue weighted by Crippen LogP contribution is 2.46. The molecule has 1 rings (SSSR count). The molecule has 98 valence electrons. The Hall–Kier alpha value is -0.640. The van der Waals surface area contributed by atoms with Crippen LogP contribution in [0, 0.1) is 11.3 Å². The fourth-order valence-corrected chi connectivity index (χ4v) is 2.36. The molecule has 0 bridgehead atoms. The smallest absolute Gasteiger partial charge is 0.233 e. The van der Waals surface area contributed by atoms with E-state index >= 15 is 0 Å². The molecule has 1 amide bonds. The SMILES string of the molecule is CCCCC(CC)CNC(=O)C1(C(N)=S)CC1. The monoisotopic (exact) mass is 256 g/mol. The van der Waals surface area contributed by atoms with E-state index in [4.69, 9.17) is 18.0 Å². The third-order valence-corrected chi connectivity index (χ3v) is 4.14. The zero-order valence-corrected chi connectivity index (χ0v) is 11.7. The predicted octanol–water partition coefficient (Wildman–Crippen LogP) is 2.39. The fourth-order valence-electron chi connectivity index (χ4n) is 2.06. The first-order valence-electron chi connectivity index (χ1n) is 6.65. The standard InChI is InChI=1S/C13H24N2OS/c1-3-5-6-10(4-2)9-15-12(16)13(7-8-13)11(14)17/h10H,3-9H2,1-2H3,(H2,14,17)(H,15,16). The largest absolute Gasteiger partial charge is 0.392 e. The molecule has 0 saturated heterocycles. The Bertz CT molecular complexity index is 287. The van der Waals surface area contributed by atoms with Gasteiger partial charge in [0.05, 0.1) is 10.4 Å². The van der Waals surface area contributed by atoms with Crippen molar-refractivity contribution in [1.29, 1.82) is 0 Å². The Kier molecular flexibility index (Phi) is 5.37. The van der Waals surface area contributed by atoms with Gasteiger partial charge >= 0.3 is 0 Å². The van der Waals surface area contributed by atoms with Gasteiger partial charge < -0.3 is 11.1 Å². The Morgan fingerprint density at radius 1 is 1.47 bits per heavy atom. The second-order valence-electron chi connectivity index (χ2n) is 5.07. The highest BCUT2D eigenvalue weighted by Gasteiger charge is 2.52. The molecule has 1 aliphatic rings. The summed E-state index contributed by atoms with van der Waals surface area (Å²) in [6, 6.07) is 0. The van der Waals surface area contributed by atoms with Gasteiger partial charge in [-0.25, -0.2) is 0 Å². The first kappa shape index (κ1) is 14.4. The highest BCUT2D eigenvalue weighted by atomic mass is 32.1. The number of hydrogen-bond acceptors (Lipinski definition) is 2. The van der Waals surface area contributed by atoms with E-state index in [-0.39, 0.29) is 5.91 Å². The molecule has 1 fully saturated rings. The van der Waals surface area contributed by atoms with E-state index in [1.54, 1.807) is 0 Å². The Morgan fingerprint density at radius 2 is 2.12 bits per heavy atom. The fraction of sp³-hybridized carbons (Fsp3) is 0.846. The molecule has 0 aromatic carbocycles. The summed E-state index contributed by atoms with van der Waals surface area (Å²) in [4.78, 5) is 12.3. The number of unbranched alkanes of at least 4 members (excludes halogenated alkanes) is 1. The lowest BCUT2D eigenvalue weighted by Crippen LogP contribution is -2.41.